The first kappa shape index (κ1) is 32.7. The Bertz CT molecular complexity index is 1900. The van der Waals surface area contributed by atoms with Crippen LogP contribution in [0.5, 0.6) is 0 Å². The molecule has 6 N–H and O–H groups in total. The lowest BCUT2D eigenvalue weighted by Crippen LogP contribution is -2.64. The van der Waals surface area contributed by atoms with Crippen molar-refractivity contribution in [3.8, 4) is 0 Å². The molecule has 3 atom stereocenters. The Balaban J connectivity index is 1.26. The minimum atomic E-state index is -0.719. The largest absolute Gasteiger partial charge is 0.370 e. The molecule has 48 heavy (non-hydrogen) atoms. The van der Waals surface area contributed by atoms with E-state index in [1.165, 1.54) is 0 Å². The van der Waals surface area contributed by atoms with Crippen LogP contribution in [0.2, 0.25) is 0 Å². The summed E-state index contributed by atoms with van der Waals surface area (Å²) in [4.78, 5) is 36.5. The standard InChI is InChI=1S/C40H44N6O2/c41-37(24-29-16-18-31-11-4-6-13-33(31)21-29)39(48)46-27-36(23-28-9-2-1-3-10-28)45(26-35(46)15-8-20-44-40(42)43)38(47)25-30-17-19-32-12-5-7-14-34(32)22-30/h1-7,9-14,16-19,21-22,35-37H,8,15,20,23-27,41H2,(H4,42,43,44)/t35-,36-,37-/m1/s1. The van der Waals surface area contributed by atoms with Crippen molar-refractivity contribution in [3.63, 3.8) is 0 Å². The number of amides is 2. The van der Waals surface area contributed by atoms with E-state index < -0.39 is 6.04 Å². The number of carbonyl (C=O) groups is 2. The molecule has 246 valence electrons. The molecular formula is C40H44N6O2. The first-order valence-electron chi connectivity index (χ1n) is 16.7. The number of nitrogens with two attached hydrogens (primary N) is 3. The smallest absolute Gasteiger partial charge is 0.240 e. The molecule has 8 heteroatoms. The van der Waals surface area contributed by atoms with E-state index in [1.807, 2.05) is 64.4 Å². The fourth-order valence-corrected chi connectivity index (χ4v) is 6.91. The van der Waals surface area contributed by atoms with E-state index in [0.29, 0.717) is 45.3 Å². The van der Waals surface area contributed by atoms with Gasteiger partial charge in [0.05, 0.1) is 18.5 Å². The molecular weight excluding hydrogens is 596 g/mol. The van der Waals surface area contributed by atoms with Gasteiger partial charge in [-0.2, -0.15) is 0 Å². The van der Waals surface area contributed by atoms with Gasteiger partial charge in [0.15, 0.2) is 5.96 Å². The van der Waals surface area contributed by atoms with E-state index in [4.69, 9.17) is 17.2 Å². The number of aliphatic imine (C=N–C) groups is 1. The van der Waals surface area contributed by atoms with Crippen molar-refractivity contribution < 1.29 is 9.59 Å². The maximum atomic E-state index is 14.2. The first-order valence-corrected chi connectivity index (χ1v) is 16.7. The zero-order valence-electron chi connectivity index (χ0n) is 27.2. The summed E-state index contributed by atoms with van der Waals surface area (Å²) in [6.07, 6.45) is 2.65. The van der Waals surface area contributed by atoms with Crippen LogP contribution in [0.25, 0.3) is 21.5 Å². The van der Waals surface area contributed by atoms with Crippen LogP contribution in [0.3, 0.4) is 0 Å². The summed E-state index contributed by atoms with van der Waals surface area (Å²) in [5.74, 6) is -0.0122. The Kier molecular flexibility index (Phi) is 10.3. The monoisotopic (exact) mass is 640 g/mol. The molecule has 1 aliphatic rings. The maximum Gasteiger partial charge on any atom is 0.240 e. The lowest BCUT2D eigenvalue weighted by molar-refractivity contribution is -0.147. The van der Waals surface area contributed by atoms with Gasteiger partial charge in [-0.3, -0.25) is 14.6 Å². The summed E-state index contributed by atoms with van der Waals surface area (Å²) in [5, 5.41) is 4.52. The van der Waals surface area contributed by atoms with Crippen molar-refractivity contribution in [2.45, 2.75) is 50.2 Å². The average molecular weight is 641 g/mol. The second-order valence-corrected chi connectivity index (χ2v) is 12.8. The van der Waals surface area contributed by atoms with Gasteiger partial charge >= 0.3 is 0 Å². The quantitative estimate of drug-likeness (QED) is 0.108. The molecule has 1 heterocycles. The van der Waals surface area contributed by atoms with Gasteiger partial charge in [-0.05, 0) is 63.9 Å². The molecule has 0 aliphatic carbocycles. The van der Waals surface area contributed by atoms with E-state index >= 15 is 0 Å². The molecule has 5 aromatic rings. The number of rotatable bonds is 11. The van der Waals surface area contributed by atoms with Crippen LogP contribution >= 0.6 is 0 Å². The molecule has 0 unspecified atom stereocenters. The fraction of sp³-hybridized carbons (Fsp3) is 0.275. The molecule has 5 aromatic carbocycles. The number of guanidine groups is 1. The van der Waals surface area contributed by atoms with Crippen LogP contribution in [0.15, 0.2) is 120 Å². The van der Waals surface area contributed by atoms with Crippen LogP contribution in [-0.2, 0) is 28.9 Å². The van der Waals surface area contributed by atoms with Gasteiger partial charge in [0, 0.05) is 25.7 Å². The highest BCUT2D eigenvalue weighted by Crippen LogP contribution is 2.26. The molecule has 1 fully saturated rings. The van der Waals surface area contributed by atoms with Crippen LogP contribution in [-0.4, -0.2) is 65.3 Å². The molecule has 0 saturated carbocycles. The number of piperazine rings is 1. The highest BCUT2D eigenvalue weighted by atomic mass is 16.2. The number of fused-ring (bicyclic) bond motifs is 2. The lowest BCUT2D eigenvalue weighted by Gasteiger charge is -2.47. The van der Waals surface area contributed by atoms with Crippen molar-refractivity contribution in [2.75, 3.05) is 19.6 Å². The molecule has 0 spiro atoms. The third-order valence-electron chi connectivity index (χ3n) is 9.36. The van der Waals surface area contributed by atoms with Gasteiger partial charge in [-0.25, -0.2) is 0 Å². The van der Waals surface area contributed by atoms with E-state index in [0.717, 1.165) is 38.2 Å². The van der Waals surface area contributed by atoms with Crippen molar-refractivity contribution in [1.29, 1.82) is 0 Å². The summed E-state index contributed by atoms with van der Waals surface area (Å²) < 4.78 is 0. The molecule has 8 nitrogen and oxygen atoms in total. The minimum Gasteiger partial charge on any atom is -0.370 e. The number of carbonyl (C=O) groups excluding carboxylic acids is 2. The van der Waals surface area contributed by atoms with Crippen LogP contribution in [0.1, 0.15) is 29.5 Å². The Hall–Kier alpha value is -5.21. The lowest BCUT2D eigenvalue weighted by atomic mass is 9.94. The third kappa shape index (κ3) is 8.01. The molecule has 0 radical (unpaired) electrons. The Morgan fingerprint density at radius 1 is 0.688 bits per heavy atom. The van der Waals surface area contributed by atoms with Crippen LogP contribution < -0.4 is 17.2 Å². The summed E-state index contributed by atoms with van der Waals surface area (Å²) >= 11 is 0. The highest BCUT2D eigenvalue weighted by Gasteiger charge is 2.39. The second kappa shape index (κ2) is 15.1. The van der Waals surface area contributed by atoms with E-state index in [2.05, 4.69) is 65.7 Å². The topological polar surface area (TPSA) is 131 Å². The van der Waals surface area contributed by atoms with Gasteiger partial charge in [-0.15, -0.1) is 0 Å². The van der Waals surface area contributed by atoms with Crippen molar-refractivity contribution >= 4 is 39.3 Å². The first-order chi connectivity index (χ1) is 23.3. The fourth-order valence-electron chi connectivity index (χ4n) is 6.91. The van der Waals surface area contributed by atoms with Gasteiger partial charge in [0.25, 0.3) is 0 Å². The normalized spacial score (nSPS) is 16.9. The van der Waals surface area contributed by atoms with Crippen molar-refractivity contribution in [2.24, 2.45) is 22.2 Å². The zero-order valence-corrected chi connectivity index (χ0v) is 27.2. The van der Waals surface area contributed by atoms with Gasteiger partial charge in [0.2, 0.25) is 11.8 Å². The number of hydrogen-bond acceptors (Lipinski definition) is 4. The van der Waals surface area contributed by atoms with Gasteiger partial charge in [-0.1, -0.05) is 115 Å². The maximum absolute atomic E-state index is 14.2. The molecule has 1 aliphatic heterocycles. The molecule has 6 rings (SSSR count). The zero-order chi connectivity index (χ0) is 33.5. The number of benzene rings is 5. The van der Waals surface area contributed by atoms with Gasteiger partial charge < -0.3 is 27.0 Å². The van der Waals surface area contributed by atoms with Gasteiger partial charge in [0.1, 0.15) is 0 Å². The van der Waals surface area contributed by atoms with E-state index in [9.17, 15) is 9.59 Å². The Morgan fingerprint density at radius 3 is 1.94 bits per heavy atom. The number of hydrogen-bond donors (Lipinski definition) is 3. The van der Waals surface area contributed by atoms with Crippen molar-refractivity contribution in [3.05, 3.63) is 132 Å². The minimum absolute atomic E-state index is 0.0408. The molecule has 0 bridgehead atoms. The summed E-state index contributed by atoms with van der Waals surface area (Å²) in [7, 11) is 0. The second-order valence-electron chi connectivity index (χ2n) is 12.8. The van der Waals surface area contributed by atoms with Crippen LogP contribution in [0.4, 0.5) is 0 Å². The predicted octanol–water partition coefficient (Wildman–Crippen LogP) is 4.81. The van der Waals surface area contributed by atoms with Crippen molar-refractivity contribution in [1.82, 2.24) is 9.80 Å². The van der Waals surface area contributed by atoms with Crippen LogP contribution in [0, 0.1) is 0 Å². The summed E-state index contributed by atoms with van der Waals surface area (Å²) in [5.41, 5.74) is 21.0. The van der Waals surface area contributed by atoms with E-state index in [1.54, 1.807) is 0 Å². The molecule has 1 saturated heterocycles. The summed E-state index contributed by atoms with van der Waals surface area (Å²) in [6, 6.07) is 37.8. The molecule has 0 aromatic heterocycles. The average Bonchev–Trinajstić information content (AvgIpc) is 3.10. The SMILES string of the molecule is NC(N)=NCCC[C@@H]1CN(C(=O)Cc2ccc3ccccc3c2)[C@H](Cc2ccccc2)CN1C(=O)[C@H](N)Cc1ccc2ccccc2c1. The highest BCUT2D eigenvalue weighted by molar-refractivity contribution is 5.87. The predicted molar refractivity (Wildman–Crippen MR) is 194 cm³/mol. The molecule has 2 amide bonds. The number of nitrogens with zero attached hydrogens (tertiary/aromatic N) is 3. The summed E-state index contributed by atoms with van der Waals surface area (Å²) in [6.45, 7) is 1.26. The Morgan fingerprint density at radius 2 is 1.27 bits per heavy atom. The Labute approximate surface area is 282 Å². The third-order valence-corrected chi connectivity index (χ3v) is 9.36. The van der Waals surface area contributed by atoms with E-state index in [-0.39, 0.29) is 36.3 Å².